The van der Waals surface area contributed by atoms with Crippen LogP contribution in [0.15, 0.2) is 28.7 Å². The fraction of sp³-hybridized carbons (Fsp3) is 0. The van der Waals surface area contributed by atoms with Crippen LogP contribution in [-0.2, 0) is 0 Å². The minimum atomic E-state index is 0. The Morgan fingerprint density at radius 1 is 1.09 bits per heavy atom. The van der Waals surface area contributed by atoms with Gasteiger partial charge < -0.3 is 0 Å². The molecule has 0 N–H and O–H groups in total. The molecule has 0 spiro atoms. The van der Waals surface area contributed by atoms with Crippen LogP contribution in [0, 0.1) is 0 Å². The Hall–Kier alpha value is 0.750. The van der Waals surface area contributed by atoms with Gasteiger partial charge in [-0.05, 0) is 28.1 Å². The van der Waals surface area contributed by atoms with Crippen molar-refractivity contribution in [2.24, 2.45) is 0 Å². The third kappa shape index (κ3) is 3.32. The SMILES string of the molecule is Brc1ccccc1N(Br)Br.Cl. The van der Waals surface area contributed by atoms with Crippen LogP contribution in [0.4, 0.5) is 5.69 Å². The van der Waals surface area contributed by atoms with Gasteiger partial charge >= 0.3 is 0 Å². The number of hydrogen-bond acceptors (Lipinski definition) is 1. The number of hydrogen-bond donors (Lipinski definition) is 0. The highest BCUT2D eigenvalue weighted by Crippen LogP contribution is 2.29. The highest BCUT2D eigenvalue weighted by Gasteiger charge is 2.00. The summed E-state index contributed by atoms with van der Waals surface area (Å²) >= 11 is 9.90. The van der Waals surface area contributed by atoms with Crippen LogP contribution in [0.5, 0.6) is 0 Å². The van der Waals surface area contributed by atoms with Gasteiger partial charge in [0.25, 0.3) is 0 Å². The highest BCUT2D eigenvalue weighted by atomic mass is 79.9. The van der Waals surface area contributed by atoms with Gasteiger partial charge in [0.15, 0.2) is 0 Å². The van der Waals surface area contributed by atoms with E-state index in [2.05, 4.69) is 48.2 Å². The first-order chi connectivity index (χ1) is 4.72. The van der Waals surface area contributed by atoms with E-state index in [9.17, 15) is 0 Å². The Morgan fingerprint density at radius 3 is 2.00 bits per heavy atom. The van der Waals surface area contributed by atoms with Gasteiger partial charge in [-0.3, -0.25) is 0 Å². The summed E-state index contributed by atoms with van der Waals surface area (Å²) in [4.78, 5) is 0. The molecule has 0 aliphatic carbocycles. The van der Waals surface area contributed by atoms with Crippen molar-refractivity contribution in [3.8, 4) is 0 Å². The van der Waals surface area contributed by atoms with E-state index in [0.717, 1.165) is 10.2 Å². The van der Waals surface area contributed by atoms with E-state index < -0.39 is 0 Å². The van der Waals surface area contributed by atoms with Gasteiger partial charge in [0, 0.05) is 4.47 Å². The van der Waals surface area contributed by atoms with Crippen molar-refractivity contribution < 1.29 is 0 Å². The molecule has 11 heavy (non-hydrogen) atoms. The van der Waals surface area contributed by atoms with Crippen LogP contribution in [0.25, 0.3) is 0 Å². The lowest BCUT2D eigenvalue weighted by atomic mass is 10.3. The van der Waals surface area contributed by atoms with Gasteiger partial charge in [0.05, 0.1) is 38.0 Å². The van der Waals surface area contributed by atoms with Crippen LogP contribution in [0.1, 0.15) is 0 Å². The molecule has 0 atom stereocenters. The molecule has 1 aromatic carbocycles. The smallest absolute Gasteiger partial charge is 0.0737 e. The Bertz CT molecular complexity index is 229. The van der Waals surface area contributed by atoms with Gasteiger partial charge in [0.2, 0.25) is 0 Å². The van der Waals surface area contributed by atoms with Crippen LogP contribution in [0.3, 0.4) is 0 Å². The Morgan fingerprint density at radius 2 is 1.64 bits per heavy atom. The molecule has 0 bridgehead atoms. The largest absolute Gasteiger partial charge is 0.241 e. The van der Waals surface area contributed by atoms with E-state index in [1.165, 1.54) is 0 Å². The maximum Gasteiger partial charge on any atom is 0.0737 e. The quantitative estimate of drug-likeness (QED) is 0.670. The number of halogens is 4. The van der Waals surface area contributed by atoms with Crippen LogP contribution >= 0.6 is 60.6 Å². The summed E-state index contributed by atoms with van der Waals surface area (Å²) < 4.78 is 2.74. The fourth-order valence-corrected chi connectivity index (χ4v) is 2.15. The van der Waals surface area contributed by atoms with Crippen molar-refractivity contribution in [2.75, 3.05) is 2.95 Å². The van der Waals surface area contributed by atoms with E-state index in [1.54, 1.807) is 2.95 Å². The summed E-state index contributed by atoms with van der Waals surface area (Å²) in [6, 6.07) is 7.89. The van der Waals surface area contributed by atoms with Gasteiger partial charge in [0.1, 0.15) is 0 Å². The average Bonchev–Trinajstić information content (AvgIpc) is 1.88. The standard InChI is InChI=1S/C6H4Br3N.ClH/c7-5-3-1-2-4-6(5)10(8)9;/h1-4H;1H. The van der Waals surface area contributed by atoms with Crippen LogP contribution < -0.4 is 2.95 Å². The first kappa shape index (κ1) is 11.8. The number of anilines is 1. The van der Waals surface area contributed by atoms with E-state index in [0.29, 0.717) is 0 Å². The minimum absolute atomic E-state index is 0. The first-order valence-electron chi connectivity index (χ1n) is 2.58. The molecule has 0 heterocycles. The maximum absolute atomic E-state index is 3.40. The third-order valence-electron chi connectivity index (χ3n) is 1.03. The zero-order valence-electron chi connectivity index (χ0n) is 5.30. The molecule has 1 nitrogen and oxygen atoms in total. The van der Waals surface area contributed by atoms with Crippen molar-refractivity contribution in [3.05, 3.63) is 28.7 Å². The molecule has 5 heteroatoms. The summed E-state index contributed by atoms with van der Waals surface area (Å²) in [5, 5.41) is 0. The monoisotopic (exact) mass is 363 g/mol. The normalized spacial score (nSPS) is 8.64. The maximum atomic E-state index is 3.40. The molecule has 0 aromatic heterocycles. The summed E-state index contributed by atoms with van der Waals surface area (Å²) in [7, 11) is 0. The molecule has 0 unspecified atom stereocenters. The van der Waals surface area contributed by atoms with Crippen molar-refractivity contribution >= 4 is 66.3 Å². The highest BCUT2D eigenvalue weighted by molar-refractivity contribution is 9.25. The molecule has 62 valence electrons. The first-order valence-corrected chi connectivity index (χ1v) is 4.79. The molecule has 1 aromatic rings. The Balaban J connectivity index is 0.000001000. The lowest BCUT2D eigenvalue weighted by molar-refractivity contribution is 1.59. The van der Waals surface area contributed by atoms with Crippen molar-refractivity contribution in [3.63, 3.8) is 0 Å². The summed E-state index contributed by atoms with van der Waals surface area (Å²) in [6.45, 7) is 0. The predicted molar refractivity (Wildman–Crippen MR) is 61.7 cm³/mol. The second-order valence-electron chi connectivity index (χ2n) is 1.68. The second-order valence-corrected chi connectivity index (χ2v) is 4.91. The summed E-state index contributed by atoms with van der Waals surface area (Å²) in [6.07, 6.45) is 0. The molecule has 0 fully saturated rings. The lowest BCUT2D eigenvalue weighted by Gasteiger charge is -2.07. The van der Waals surface area contributed by atoms with Crippen LogP contribution in [-0.4, -0.2) is 0 Å². The molecule has 0 aliphatic rings. The summed E-state index contributed by atoms with van der Waals surface area (Å²) in [5.41, 5.74) is 1.04. The molecule has 0 saturated heterocycles. The van der Waals surface area contributed by atoms with E-state index in [1.807, 2.05) is 24.3 Å². The predicted octanol–water partition coefficient (Wildman–Crippen LogP) is 4.30. The van der Waals surface area contributed by atoms with Crippen molar-refractivity contribution in [2.45, 2.75) is 0 Å². The van der Waals surface area contributed by atoms with E-state index in [-0.39, 0.29) is 12.4 Å². The topological polar surface area (TPSA) is 3.24 Å². The van der Waals surface area contributed by atoms with Gasteiger partial charge in [-0.15, -0.1) is 12.4 Å². The molecule has 0 saturated carbocycles. The molecule has 1 rings (SSSR count). The minimum Gasteiger partial charge on any atom is -0.241 e. The molecule has 0 radical (unpaired) electrons. The van der Waals surface area contributed by atoms with E-state index >= 15 is 0 Å². The van der Waals surface area contributed by atoms with Crippen molar-refractivity contribution in [1.82, 2.24) is 0 Å². The molecule has 0 amide bonds. The van der Waals surface area contributed by atoms with Gasteiger partial charge in [-0.2, -0.15) is 0 Å². The molecule has 0 aliphatic heterocycles. The number of rotatable bonds is 1. The number of benzene rings is 1. The lowest BCUT2D eigenvalue weighted by Crippen LogP contribution is -1.89. The number of para-hydroxylation sites is 1. The van der Waals surface area contributed by atoms with E-state index in [4.69, 9.17) is 0 Å². The number of nitrogens with zero attached hydrogens (tertiary/aromatic N) is 1. The fourth-order valence-electron chi connectivity index (χ4n) is 0.589. The summed E-state index contributed by atoms with van der Waals surface area (Å²) in [5.74, 6) is 0. The molecular weight excluding hydrogens is 361 g/mol. The third-order valence-corrected chi connectivity index (χ3v) is 2.47. The zero-order valence-corrected chi connectivity index (χ0v) is 10.9. The van der Waals surface area contributed by atoms with Crippen molar-refractivity contribution in [1.29, 1.82) is 0 Å². The Labute approximate surface area is 97.4 Å². The Kier molecular flexibility index (Phi) is 5.77. The zero-order chi connectivity index (χ0) is 7.56. The van der Waals surface area contributed by atoms with Gasteiger partial charge in [-0.25, -0.2) is 2.95 Å². The average molecular weight is 366 g/mol. The second kappa shape index (κ2) is 5.41. The van der Waals surface area contributed by atoms with Gasteiger partial charge in [-0.1, -0.05) is 12.1 Å². The van der Waals surface area contributed by atoms with Crippen LogP contribution in [0.2, 0.25) is 0 Å². The molecular formula is C6H5Br3ClN.